The highest BCUT2D eigenvalue weighted by atomic mass is 35.5. The Labute approximate surface area is 145 Å². The van der Waals surface area contributed by atoms with Gasteiger partial charge in [0, 0.05) is 6.54 Å². The fraction of sp³-hybridized carbons (Fsp3) is 0.385. The Morgan fingerprint density at radius 3 is 2.04 bits per heavy atom. The molecule has 0 saturated heterocycles. The Morgan fingerprint density at radius 2 is 1.57 bits per heavy atom. The number of halogens is 5. The second kappa shape index (κ2) is 11.0. The molecular weight excluding hydrogens is 354 g/mol. The molecule has 0 fully saturated rings. The van der Waals surface area contributed by atoms with Crippen molar-refractivity contribution < 1.29 is 13.2 Å². The topological polar surface area (TPSA) is 88.8 Å². The molecule has 0 unspecified atom stereocenters. The van der Waals surface area contributed by atoms with Crippen LogP contribution in [0.5, 0.6) is 0 Å². The van der Waals surface area contributed by atoms with Gasteiger partial charge in [-0.1, -0.05) is 19.1 Å². The molecule has 1 aromatic carbocycles. The summed E-state index contributed by atoms with van der Waals surface area (Å²) in [4.78, 5) is 7.95. The summed E-state index contributed by atoms with van der Waals surface area (Å²) >= 11 is 0. The number of aliphatic imine (C=N–C) groups is 2. The lowest BCUT2D eigenvalue weighted by Gasteiger charge is -2.07. The van der Waals surface area contributed by atoms with E-state index in [0.29, 0.717) is 12.1 Å². The first kappa shape index (κ1) is 23.6. The van der Waals surface area contributed by atoms with Crippen LogP contribution in [0.3, 0.4) is 0 Å². The van der Waals surface area contributed by atoms with Gasteiger partial charge in [0.2, 0.25) is 0 Å². The number of nitrogens with one attached hydrogen (secondary N) is 1. The molecular formula is C13H20Cl2F3N5. The zero-order valence-corrected chi connectivity index (χ0v) is 14.1. The highest BCUT2D eigenvalue weighted by Gasteiger charge is 2.29. The molecule has 0 saturated carbocycles. The predicted molar refractivity (Wildman–Crippen MR) is 91.2 cm³/mol. The Hall–Kier alpha value is -1.67. The summed E-state index contributed by atoms with van der Waals surface area (Å²) in [6.07, 6.45) is -3.49. The maximum atomic E-state index is 12.4. The molecule has 5 nitrogen and oxygen atoms in total. The Kier molecular flexibility index (Phi) is 11.2. The Bertz CT molecular complexity index is 515. The van der Waals surface area contributed by atoms with E-state index in [4.69, 9.17) is 11.5 Å². The molecule has 0 aromatic heterocycles. The van der Waals surface area contributed by atoms with Crippen LogP contribution in [-0.2, 0) is 12.7 Å². The van der Waals surface area contributed by atoms with Gasteiger partial charge in [-0.05, 0) is 24.1 Å². The van der Waals surface area contributed by atoms with Crippen molar-refractivity contribution in [2.24, 2.45) is 21.5 Å². The number of alkyl halides is 3. The van der Waals surface area contributed by atoms with Gasteiger partial charge in [0.05, 0.1) is 12.1 Å². The van der Waals surface area contributed by atoms with Gasteiger partial charge in [-0.3, -0.25) is 10.3 Å². The maximum Gasteiger partial charge on any atom is 0.416 e. The van der Waals surface area contributed by atoms with Crippen molar-refractivity contribution in [2.75, 3.05) is 6.54 Å². The molecule has 0 radical (unpaired) electrons. The number of nitrogens with two attached hydrogens (primary N) is 2. The van der Waals surface area contributed by atoms with E-state index in [1.165, 1.54) is 12.1 Å². The number of rotatable bonds is 4. The molecule has 23 heavy (non-hydrogen) atoms. The summed E-state index contributed by atoms with van der Waals surface area (Å²) in [6.45, 7) is 2.68. The van der Waals surface area contributed by atoms with Crippen molar-refractivity contribution in [1.29, 1.82) is 0 Å². The van der Waals surface area contributed by atoms with E-state index in [9.17, 15) is 13.2 Å². The number of hydrogen-bond donors (Lipinski definition) is 3. The largest absolute Gasteiger partial charge is 0.416 e. The van der Waals surface area contributed by atoms with E-state index in [0.717, 1.165) is 18.6 Å². The molecule has 132 valence electrons. The first-order chi connectivity index (χ1) is 9.82. The summed E-state index contributed by atoms with van der Waals surface area (Å²) in [5.74, 6) is 0.220. The van der Waals surface area contributed by atoms with Crippen LogP contribution in [0.1, 0.15) is 24.5 Å². The van der Waals surface area contributed by atoms with E-state index in [-0.39, 0.29) is 43.3 Å². The van der Waals surface area contributed by atoms with Crippen LogP contribution in [0.4, 0.5) is 13.2 Å². The van der Waals surface area contributed by atoms with Crippen LogP contribution in [0.15, 0.2) is 34.3 Å². The first-order valence-corrected chi connectivity index (χ1v) is 6.36. The van der Waals surface area contributed by atoms with E-state index >= 15 is 0 Å². The van der Waals surface area contributed by atoms with Crippen molar-refractivity contribution in [3.8, 4) is 0 Å². The molecule has 1 rings (SSSR count). The molecule has 0 bridgehead atoms. The lowest BCUT2D eigenvalue weighted by Crippen LogP contribution is -2.41. The number of benzene rings is 1. The van der Waals surface area contributed by atoms with E-state index < -0.39 is 11.7 Å². The average molecular weight is 374 g/mol. The normalized spacial score (nSPS) is 12.2. The lowest BCUT2D eigenvalue weighted by molar-refractivity contribution is -0.137. The number of nitrogens with zero attached hydrogens (tertiary/aromatic N) is 2. The number of guanidine groups is 2. The summed E-state index contributed by atoms with van der Waals surface area (Å²) in [5.41, 5.74) is 11.1. The molecule has 5 N–H and O–H groups in total. The molecule has 1 aromatic rings. The van der Waals surface area contributed by atoms with Crippen LogP contribution in [0.25, 0.3) is 0 Å². The van der Waals surface area contributed by atoms with Crippen molar-refractivity contribution in [3.63, 3.8) is 0 Å². The minimum Gasteiger partial charge on any atom is -0.370 e. The van der Waals surface area contributed by atoms with Gasteiger partial charge in [-0.25, -0.2) is 4.99 Å². The predicted octanol–water partition coefficient (Wildman–Crippen LogP) is 2.68. The molecule has 0 amide bonds. The summed E-state index contributed by atoms with van der Waals surface area (Å²) in [6, 6.07) is 4.72. The second-order valence-electron chi connectivity index (χ2n) is 4.29. The van der Waals surface area contributed by atoms with Gasteiger partial charge >= 0.3 is 6.18 Å². The molecule has 0 spiro atoms. The summed E-state index contributed by atoms with van der Waals surface area (Å²) in [7, 11) is 0. The average Bonchev–Trinajstić information content (AvgIpc) is 2.42. The van der Waals surface area contributed by atoms with Crippen molar-refractivity contribution in [3.05, 3.63) is 35.4 Å². The highest BCUT2D eigenvalue weighted by Crippen LogP contribution is 2.29. The maximum absolute atomic E-state index is 12.4. The SMILES string of the molecule is CCCN=C(N)NC(N)=NCc1ccc(C(F)(F)F)cc1.Cl.Cl. The van der Waals surface area contributed by atoms with Crippen LogP contribution in [0, 0.1) is 0 Å². The smallest absolute Gasteiger partial charge is 0.370 e. The Morgan fingerprint density at radius 1 is 1.04 bits per heavy atom. The third-order valence-electron chi connectivity index (χ3n) is 2.48. The quantitative estimate of drug-likeness (QED) is 0.559. The molecule has 0 aliphatic carbocycles. The van der Waals surface area contributed by atoms with Gasteiger partial charge in [-0.15, -0.1) is 24.8 Å². The van der Waals surface area contributed by atoms with Gasteiger partial charge in [0.25, 0.3) is 0 Å². The fourth-order valence-corrected chi connectivity index (χ4v) is 1.42. The van der Waals surface area contributed by atoms with Gasteiger partial charge in [-0.2, -0.15) is 13.2 Å². The lowest BCUT2D eigenvalue weighted by atomic mass is 10.1. The minimum absolute atomic E-state index is 0. The third kappa shape index (κ3) is 9.14. The van der Waals surface area contributed by atoms with Gasteiger partial charge in [0.1, 0.15) is 0 Å². The van der Waals surface area contributed by atoms with Crippen molar-refractivity contribution in [2.45, 2.75) is 26.1 Å². The minimum atomic E-state index is -4.34. The zero-order chi connectivity index (χ0) is 15.9. The van der Waals surface area contributed by atoms with Crippen LogP contribution in [-0.4, -0.2) is 18.5 Å². The van der Waals surface area contributed by atoms with E-state index in [1.807, 2.05) is 6.92 Å². The molecule has 0 aliphatic rings. The van der Waals surface area contributed by atoms with Gasteiger partial charge < -0.3 is 11.5 Å². The standard InChI is InChI=1S/C13H18F3N5.2ClH/c1-2-7-19-11(17)21-12(18)20-8-9-3-5-10(6-4-9)13(14,15)16;;/h3-6H,2,7-8H2,1H3,(H5,17,18,19,20,21);2*1H. The first-order valence-electron chi connectivity index (χ1n) is 6.36. The van der Waals surface area contributed by atoms with Crippen molar-refractivity contribution in [1.82, 2.24) is 5.32 Å². The molecule has 0 aliphatic heterocycles. The number of hydrogen-bond acceptors (Lipinski definition) is 2. The van der Waals surface area contributed by atoms with E-state index in [1.54, 1.807) is 0 Å². The van der Waals surface area contributed by atoms with Crippen molar-refractivity contribution >= 4 is 36.7 Å². The second-order valence-corrected chi connectivity index (χ2v) is 4.29. The molecule has 0 atom stereocenters. The summed E-state index contributed by atoms with van der Waals surface area (Å²) in [5, 5.41) is 2.60. The summed E-state index contributed by atoms with van der Waals surface area (Å²) < 4.78 is 37.2. The third-order valence-corrected chi connectivity index (χ3v) is 2.48. The fourth-order valence-electron chi connectivity index (χ4n) is 1.42. The highest BCUT2D eigenvalue weighted by molar-refractivity contribution is 5.97. The van der Waals surface area contributed by atoms with Crippen LogP contribution >= 0.6 is 24.8 Å². The van der Waals surface area contributed by atoms with Crippen LogP contribution < -0.4 is 16.8 Å². The molecule has 10 heteroatoms. The van der Waals surface area contributed by atoms with E-state index in [2.05, 4.69) is 15.3 Å². The van der Waals surface area contributed by atoms with Gasteiger partial charge in [0.15, 0.2) is 11.9 Å². The van der Waals surface area contributed by atoms with Crippen LogP contribution in [0.2, 0.25) is 0 Å². The monoisotopic (exact) mass is 373 g/mol. The Balaban J connectivity index is 0. The zero-order valence-electron chi connectivity index (χ0n) is 12.4. The molecule has 0 heterocycles.